The number of amides is 1. The van der Waals surface area contributed by atoms with Gasteiger partial charge in [-0.3, -0.25) is 4.79 Å². The zero-order valence-electron chi connectivity index (χ0n) is 10.3. The van der Waals surface area contributed by atoms with Crippen molar-refractivity contribution in [2.45, 2.75) is 6.92 Å². The first-order chi connectivity index (χ1) is 8.04. The van der Waals surface area contributed by atoms with Gasteiger partial charge in [-0.15, -0.1) is 0 Å². The molecule has 5 nitrogen and oxygen atoms in total. The Labute approximate surface area is 99.8 Å². The van der Waals surface area contributed by atoms with Crippen LogP contribution in [-0.4, -0.2) is 34.0 Å². The number of fused-ring (bicyclic) bond motifs is 1. The van der Waals surface area contributed by atoms with Crippen molar-refractivity contribution in [3.8, 4) is 0 Å². The summed E-state index contributed by atoms with van der Waals surface area (Å²) in [7, 11) is 3.65. The van der Waals surface area contributed by atoms with Gasteiger partial charge in [-0.25, -0.2) is 4.98 Å². The molecule has 0 fully saturated rings. The van der Waals surface area contributed by atoms with E-state index in [4.69, 9.17) is 5.73 Å². The summed E-state index contributed by atoms with van der Waals surface area (Å²) < 4.78 is 1.84. The van der Waals surface area contributed by atoms with Crippen molar-refractivity contribution in [3.63, 3.8) is 0 Å². The molecule has 0 unspecified atom stereocenters. The molecule has 90 valence electrons. The predicted molar refractivity (Wildman–Crippen MR) is 67.8 cm³/mol. The molecule has 0 aliphatic carbocycles. The smallest absolute Gasteiger partial charge is 0.255 e. The van der Waals surface area contributed by atoms with Crippen LogP contribution in [0.4, 0.5) is 5.69 Å². The number of rotatable bonds is 2. The zero-order valence-corrected chi connectivity index (χ0v) is 10.3. The molecule has 0 radical (unpaired) electrons. The van der Waals surface area contributed by atoms with E-state index in [1.807, 2.05) is 18.5 Å². The second-order valence-electron chi connectivity index (χ2n) is 4.11. The largest absolute Gasteiger partial charge is 0.397 e. The summed E-state index contributed by atoms with van der Waals surface area (Å²) >= 11 is 0. The number of nitrogen functional groups attached to an aromatic ring is 1. The summed E-state index contributed by atoms with van der Waals surface area (Å²) in [4.78, 5) is 18.1. The van der Waals surface area contributed by atoms with Crippen molar-refractivity contribution in [1.82, 2.24) is 14.5 Å². The third kappa shape index (κ3) is 1.84. The quantitative estimate of drug-likeness (QED) is 0.847. The topological polar surface area (TPSA) is 64.2 Å². The molecule has 2 aromatic rings. The Balaban J connectivity index is 2.62. The number of pyridine rings is 1. The molecule has 0 atom stereocenters. The standard InChI is InChI=1S/C12H16N4O/c1-4-15(2)12(17)10-7-16(3)11-9(10)5-8(13)6-14-11/h5-7H,4,13H2,1-3H3. The summed E-state index contributed by atoms with van der Waals surface area (Å²) in [6.07, 6.45) is 3.39. The van der Waals surface area contributed by atoms with Crippen LogP contribution in [0.2, 0.25) is 0 Å². The van der Waals surface area contributed by atoms with Crippen molar-refractivity contribution < 1.29 is 4.79 Å². The molecule has 2 aromatic heterocycles. The summed E-state index contributed by atoms with van der Waals surface area (Å²) in [6, 6.07) is 1.79. The van der Waals surface area contributed by atoms with Gasteiger partial charge in [0.25, 0.3) is 5.91 Å². The van der Waals surface area contributed by atoms with Crippen LogP contribution in [0.5, 0.6) is 0 Å². The van der Waals surface area contributed by atoms with Crippen molar-refractivity contribution in [2.24, 2.45) is 7.05 Å². The first-order valence-corrected chi connectivity index (χ1v) is 5.50. The molecule has 2 heterocycles. The fraction of sp³-hybridized carbons (Fsp3) is 0.333. The fourth-order valence-corrected chi connectivity index (χ4v) is 1.80. The maximum Gasteiger partial charge on any atom is 0.255 e. The highest BCUT2D eigenvalue weighted by Crippen LogP contribution is 2.21. The van der Waals surface area contributed by atoms with E-state index in [-0.39, 0.29) is 5.91 Å². The van der Waals surface area contributed by atoms with E-state index in [2.05, 4.69) is 4.98 Å². The van der Waals surface area contributed by atoms with E-state index in [1.165, 1.54) is 0 Å². The molecule has 0 bridgehead atoms. The molecule has 0 saturated heterocycles. The summed E-state index contributed by atoms with van der Waals surface area (Å²) in [5.74, 6) is -0.00880. The minimum atomic E-state index is -0.00880. The highest BCUT2D eigenvalue weighted by atomic mass is 16.2. The van der Waals surface area contributed by atoms with Crippen molar-refractivity contribution >= 4 is 22.6 Å². The van der Waals surface area contributed by atoms with Crippen molar-refractivity contribution in [1.29, 1.82) is 0 Å². The van der Waals surface area contributed by atoms with Gasteiger partial charge >= 0.3 is 0 Å². The van der Waals surface area contributed by atoms with Crippen LogP contribution in [0.1, 0.15) is 17.3 Å². The maximum atomic E-state index is 12.2. The number of nitrogens with two attached hydrogens (primary N) is 1. The second kappa shape index (κ2) is 4.08. The number of carbonyl (C=O) groups excluding carboxylic acids is 1. The molecular weight excluding hydrogens is 216 g/mol. The minimum absolute atomic E-state index is 0.00880. The Bertz CT molecular complexity index is 573. The lowest BCUT2D eigenvalue weighted by atomic mass is 10.2. The Morgan fingerprint density at radius 2 is 2.29 bits per heavy atom. The van der Waals surface area contributed by atoms with E-state index in [9.17, 15) is 4.79 Å². The second-order valence-corrected chi connectivity index (χ2v) is 4.11. The third-order valence-corrected chi connectivity index (χ3v) is 2.89. The van der Waals surface area contributed by atoms with Gasteiger partial charge in [0.15, 0.2) is 0 Å². The molecule has 0 spiro atoms. The lowest BCUT2D eigenvalue weighted by molar-refractivity contribution is 0.0804. The van der Waals surface area contributed by atoms with Crippen LogP contribution in [0.15, 0.2) is 18.5 Å². The molecule has 0 aliphatic rings. The van der Waals surface area contributed by atoms with E-state index in [1.54, 1.807) is 30.4 Å². The highest BCUT2D eigenvalue weighted by Gasteiger charge is 2.17. The highest BCUT2D eigenvalue weighted by molar-refractivity contribution is 6.06. The number of aromatic nitrogens is 2. The Morgan fingerprint density at radius 3 is 2.94 bits per heavy atom. The van der Waals surface area contributed by atoms with Crippen LogP contribution < -0.4 is 5.73 Å². The van der Waals surface area contributed by atoms with E-state index >= 15 is 0 Å². The number of aryl methyl sites for hydroxylation is 1. The average Bonchev–Trinajstić information content (AvgIpc) is 2.64. The number of anilines is 1. The number of carbonyl (C=O) groups is 1. The Morgan fingerprint density at radius 1 is 1.59 bits per heavy atom. The molecule has 17 heavy (non-hydrogen) atoms. The van der Waals surface area contributed by atoms with Crippen LogP contribution in [0.25, 0.3) is 11.0 Å². The molecule has 0 aliphatic heterocycles. The Hall–Kier alpha value is -2.04. The van der Waals surface area contributed by atoms with E-state index in [0.29, 0.717) is 17.8 Å². The van der Waals surface area contributed by atoms with Crippen molar-refractivity contribution in [3.05, 3.63) is 24.0 Å². The molecule has 0 aromatic carbocycles. The molecule has 2 N–H and O–H groups in total. The lowest BCUT2D eigenvalue weighted by Gasteiger charge is -2.13. The number of hydrogen-bond acceptors (Lipinski definition) is 3. The van der Waals surface area contributed by atoms with Crippen LogP contribution >= 0.6 is 0 Å². The van der Waals surface area contributed by atoms with Gasteiger partial charge in [-0.05, 0) is 13.0 Å². The average molecular weight is 232 g/mol. The summed E-state index contributed by atoms with van der Waals surface area (Å²) in [5, 5.41) is 0.804. The van der Waals surface area contributed by atoms with Crippen molar-refractivity contribution in [2.75, 3.05) is 19.3 Å². The summed E-state index contributed by atoms with van der Waals surface area (Å²) in [5.41, 5.74) is 7.70. The summed E-state index contributed by atoms with van der Waals surface area (Å²) in [6.45, 7) is 2.61. The predicted octanol–water partition coefficient (Wildman–Crippen LogP) is 1.25. The van der Waals surface area contributed by atoms with Gasteiger partial charge in [0.05, 0.1) is 17.4 Å². The van der Waals surface area contributed by atoms with Gasteiger partial charge in [0.1, 0.15) is 5.65 Å². The first kappa shape index (κ1) is 11.4. The van der Waals surface area contributed by atoms with E-state index in [0.717, 1.165) is 11.0 Å². The molecular formula is C12H16N4O. The third-order valence-electron chi connectivity index (χ3n) is 2.89. The van der Waals surface area contributed by atoms with Crippen LogP contribution in [0.3, 0.4) is 0 Å². The van der Waals surface area contributed by atoms with E-state index < -0.39 is 0 Å². The van der Waals surface area contributed by atoms with Gasteiger partial charge in [0, 0.05) is 32.2 Å². The maximum absolute atomic E-state index is 12.2. The zero-order chi connectivity index (χ0) is 12.6. The number of nitrogens with zero attached hydrogens (tertiary/aromatic N) is 3. The normalized spacial score (nSPS) is 10.8. The van der Waals surface area contributed by atoms with Crippen LogP contribution in [0, 0.1) is 0 Å². The molecule has 5 heteroatoms. The first-order valence-electron chi connectivity index (χ1n) is 5.50. The monoisotopic (exact) mass is 232 g/mol. The fourth-order valence-electron chi connectivity index (χ4n) is 1.80. The van der Waals surface area contributed by atoms with Crippen LogP contribution in [-0.2, 0) is 7.05 Å². The minimum Gasteiger partial charge on any atom is -0.397 e. The van der Waals surface area contributed by atoms with Gasteiger partial charge in [-0.2, -0.15) is 0 Å². The number of hydrogen-bond donors (Lipinski definition) is 1. The lowest BCUT2D eigenvalue weighted by Crippen LogP contribution is -2.26. The molecule has 2 rings (SSSR count). The Kier molecular flexibility index (Phi) is 2.75. The molecule has 0 saturated carbocycles. The SMILES string of the molecule is CCN(C)C(=O)c1cn(C)c2ncc(N)cc12. The van der Waals surface area contributed by atoms with Gasteiger partial charge < -0.3 is 15.2 Å². The molecule has 1 amide bonds. The van der Waals surface area contributed by atoms with Gasteiger partial charge in [-0.1, -0.05) is 0 Å². The van der Waals surface area contributed by atoms with Gasteiger partial charge in [0.2, 0.25) is 0 Å².